The molecule has 0 spiro atoms. The summed E-state index contributed by atoms with van der Waals surface area (Å²) in [6, 6.07) is 0. The maximum Gasteiger partial charge on any atom is 0.320 e. The number of hydrogen-bond acceptors (Lipinski definition) is 4. The molecule has 0 aromatic rings. The first-order chi connectivity index (χ1) is 6.52. The molecule has 0 rings (SSSR count). The van der Waals surface area contributed by atoms with Crippen LogP contribution in [-0.2, 0) is 19.1 Å². The van der Waals surface area contributed by atoms with Crippen LogP contribution in [0.4, 0.5) is 0 Å². The van der Waals surface area contributed by atoms with E-state index in [0.29, 0.717) is 12.8 Å². The Balaban J connectivity index is 4.32. The number of carbonyl (C=O) groups is 2. The summed E-state index contributed by atoms with van der Waals surface area (Å²) >= 11 is 3.15. The number of methoxy groups -OCH3 is 2. The Kier molecular flexibility index (Phi) is 6.19. The zero-order valence-corrected chi connectivity index (χ0v) is 9.80. The predicted molar refractivity (Wildman–Crippen MR) is 54.8 cm³/mol. The average Bonchev–Trinajstić information content (AvgIpc) is 2.16. The molecule has 0 atom stereocenters. The summed E-state index contributed by atoms with van der Waals surface area (Å²) in [4.78, 5) is 22.3. The number of halogens is 1. The second kappa shape index (κ2) is 6.59. The lowest BCUT2D eigenvalue weighted by molar-refractivity contribution is -0.159. The van der Waals surface area contributed by atoms with Gasteiger partial charge in [0, 0.05) is 0 Å². The minimum absolute atomic E-state index is 0.337. The van der Waals surface area contributed by atoms with Crippen molar-refractivity contribution in [2.24, 2.45) is 5.92 Å². The molecule has 0 fully saturated rings. The summed E-state index contributed by atoms with van der Waals surface area (Å²) < 4.78 is 9.70. The number of esters is 2. The van der Waals surface area contributed by atoms with Crippen LogP contribution in [0.2, 0.25) is 0 Å². The van der Waals surface area contributed by atoms with Crippen molar-refractivity contribution in [1.29, 1.82) is 0 Å². The molecule has 80 valence electrons. The minimum atomic E-state index is -0.862. The number of ether oxygens (including phenoxy) is 2. The zero-order chi connectivity index (χ0) is 11.1. The molecule has 0 heterocycles. The lowest BCUT2D eigenvalue weighted by atomic mass is 10.0. The molecular formula is C9H13BrO4. The summed E-state index contributed by atoms with van der Waals surface area (Å²) in [7, 11) is 2.47. The molecule has 0 saturated carbocycles. The fourth-order valence-electron chi connectivity index (χ4n) is 0.917. The highest BCUT2D eigenvalue weighted by molar-refractivity contribution is 9.11. The standard InChI is InChI=1S/C9H13BrO4/c1-6(10)4-5-7(8(11)13-2)9(12)14-3/h7H,1,4-5H2,2-3H3. The molecule has 0 N–H and O–H groups in total. The third-order valence-electron chi connectivity index (χ3n) is 1.68. The first-order valence-electron chi connectivity index (χ1n) is 4.01. The monoisotopic (exact) mass is 264 g/mol. The maximum atomic E-state index is 11.2. The van der Waals surface area contributed by atoms with Gasteiger partial charge in [-0.2, -0.15) is 0 Å². The van der Waals surface area contributed by atoms with Gasteiger partial charge in [0.25, 0.3) is 0 Å². The van der Waals surface area contributed by atoms with E-state index in [1.807, 2.05) is 0 Å². The summed E-state index contributed by atoms with van der Waals surface area (Å²) in [6.45, 7) is 3.61. The third kappa shape index (κ3) is 4.41. The quantitative estimate of drug-likeness (QED) is 0.560. The van der Waals surface area contributed by atoms with Crippen LogP contribution in [0.15, 0.2) is 11.1 Å². The number of rotatable bonds is 5. The first kappa shape index (κ1) is 13.2. The van der Waals surface area contributed by atoms with Gasteiger partial charge in [-0.05, 0) is 17.3 Å². The van der Waals surface area contributed by atoms with E-state index in [1.54, 1.807) is 0 Å². The van der Waals surface area contributed by atoms with Crippen molar-refractivity contribution < 1.29 is 19.1 Å². The van der Waals surface area contributed by atoms with E-state index in [2.05, 4.69) is 32.0 Å². The summed E-state index contributed by atoms with van der Waals surface area (Å²) in [5.74, 6) is -2.02. The Morgan fingerprint density at radius 2 is 1.71 bits per heavy atom. The van der Waals surface area contributed by atoms with Gasteiger partial charge in [0.2, 0.25) is 0 Å². The third-order valence-corrected chi connectivity index (χ3v) is 2.07. The molecule has 4 nitrogen and oxygen atoms in total. The van der Waals surface area contributed by atoms with Crippen molar-refractivity contribution in [2.75, 3.05) is 14.2 Å². The second-order valence-electron chi connectivity index (χ2n) is 2.65. The molecule has 0 aliphatic carbocycles. The molecular weight excluding hydrogens is 252 g/mol. The van der Waals surface area contributed by atoms with Crippen molar-refractivity contribution in [1.82, 2.24) is 0 Å². The van der Waals surface area contributed by atoms with Crippen molar-refractivity contribution >= 4 is 27.9 Å². The Labute approximate surface area is 91.4 Å². The summed E-state index contributed by atoms with van der Waals surface area (Å²) in [6.07, 6.45) is 0.859. The van der Waals surface area contributed by atoms with Crippen molar-refractivity contribution in [3.8, 4) is 0 Å². The van der Waals surface area contributed by atoms with Gasteiger partial charge in [-0.15, -0.1) is 0 Å². The fourth-order valence-corrected chi connectivity index (χ4v) is 1.15. The van der Waals surface area contributed by atoms with E-state index in [9.17, 15) is 9.59 Å². The van der Waals surface area contributed by atoms with E-state index < -0.39 is 17.9 Å². The maximum absolute atomic E-state index is 11.2. The van der Waals surface area contributed by atoms with Crippen LogP contribution in [0.1, 0.15) is 12.8 Å². The van der Waals surface area contributed by atoms with Gasteiger partial charge in [-0.25, -0.2) is 0 Å². The molecule has 0 saturated heterocycles. The van der Waals surface area contributed by atoms with E-state index in [1.165, 1.54) is 14.2 Å². The Bertz CT molecular complexity index is 221. The number of hydrogen-bond donors (Lipinski definition) is 0. The molecule has 0 aliphatic heterocycles. The van der Waals surface area contributed by atoms with Gasteiger partial charge in [0.05, 0.1) is 14.2 Å². The summed E-state index contributed by atoms with van der Waals surface area (Å²) in [5, 5.41) is 0. The van der Waals surface area contributed by atoms with Gasteiger partial charge in [0.1, 0.15) is 0 Å². The van der Waals surface area contributed by atoms with E-state index >= 15 is 0 Å². The van der Waals surface area contributed by atoms with E-state index in [-0.39, 0.29) is 0 Å². The summed E-state index contributed by atoms with van der Waals surface area (Å²) in [5.41, 5.74) is 0. The van der Waals surface area contributed by atoms with Crippen LogP contribution < -0.4 is 0 Å². The van der Waals surface area contributed by atoms with Crippen molar-refractivity contribution in [3.63, 3.8) is 0 Å². The average molecular weight is 265 g/mol. The van der Waals surface area contributed by atoms with E-state index in [0.717, 1.165) is 4.48 Å². The predicted octanol–water partition coefficient (Wildman–Crippen LogP) is 1.64. The molecule has 0 unspecified atom stereocenters. The highest BCUT2D eigenvalue weighted by Crippen LogP contribution is 2.17. The Morgan fingerprint density at radius 1 is 1.29 bits per heavy atom. The molecule has 0 radical (unpaired) electrons. The number of carbonyl (C=O) groups excluding carboxylic acids is 2. The molecule has 0 amide bonds. The topological polar surface area (TPSA) is 52.6 Å². The molecule has 0 aromatic heterocycles. The zero-order valence-electron chi connectivity index (χ0n) is 8.21. The van der Waals surface area contributed by atoms with Crippen LogP contribution in [-0.4, -0.2) is 26.2 Å². The van der Waals surface area contributed by atoms with Crippen LogP contribution >= 0.6 is 15.9 Å². The van der Waals surface area contributed by atoms with Gasteiger partial charge < -0.3 is 9.47 Å². The van der Waals surface area contributed by atoms with Gasteiger partial charge in [-0.1, -0.05) is 22.5 Å². The van der Waals surface area contributed by atoms with Crippen molar-refractivity contribution in [2.45, 2.75) is 12.8 Å². The van der Waals surface area contributed by atoms with Crippen LogP contribution in [0.5, 0.6) is 0 Å². The van der Waals surface area contributed by atoms with Crippen molar-refractivity contribution in [3.05, 3.63) is 11.1 Å². The first-order valence-corrected chi connectivity index (χ1v) is 4.81. The number of allylic oxidation sites excluding steroid dienone is 1. The highest BCUT2D eigenvalue weighted by Gasteiger charge is 2.27. The van der Waals surface area contributed by atoms with Gasteiger partial charge >= 0.3 is 11.9 Å². The SMILES string of the molecule is C=C(Br)CCC(C(=O)OC)C(=O)OC. The molecule has 14 heavy (non-hydrogen) atoms. The van der Waals surface area contributed by atoms with E-state index in [4.69, 9.17) is 0 Å². The highest BCUT2D eigenvalue weighted by atomic mass is 79.9. The van der Waals surface area contributed by atoms with Gasteiger partial charge in [0.15, 0.2) is 5.92 Å². The van der Waals surface area contributed by atoms with Crippen LogP contribution in [0, 0.1) is 5.92 Å². The smallest absolute Gasteiger partial charge is 0.320 e. The molecule has 0 aromatic carbocycles. The van der Waals surface area contributed by atoms with Crippen LogP contribution in [0.25, 0.3) is 0 Å². The lowest BCUT2D eigenvalue weighted by Gasteiger charge is -2.11. The Morgan fingerprint density at radius 3 is 2.00 bits per heavy atom. The normalized spacial score (nSPS) is 9.71. The second-order valence-corrected chi connectivity index (χ2v) is 3.78. The fraction of sp³-hybridized carbons (Fsp3) is 0.556. The Hall–Kier alpha value is -0.840. The molecule has 5 heteroatoms. The largest absolute Gasteiger partial charge is 0.468 e. The minimum Gasteiger partial charge on any atom is -0.468 e. The van der Waals surface area contributed by atoms with Gasteiger partial charge in [-0.3, -0.25) is 9.59 Å². The lowest BCUT2D eigenvalue weighted by Crippen LogP contribution is -2.26. The molecule has 0 aliphatic rings. The molecule has 0 bridgehead atoms. The van der Waals surface area contributed by atoms with Crippen LogP contribution in [0.3, 0.4) is 0 Å².